The van der Waals surface area contributed by atoms with Crippen LogP contribution in [0.2, 0.25) is 0 Å². The Morgan fingerprint density at radius 3 is 2.30 bits per heavy atom. The SMILES string of the molecule is c1ccc(-c2ccccc2OCc2ccc(CCn3cc(-c4cccnc4)nn3)cc2)cc1. The Kier molecular flexibility index (Phi) is 6.20. The third-order valence-electron chi connectivity index (χ3n) is 5.51. The lowest BCUT2D eigenvalue weighted by molar-refractivity contribution is 0.307. The fourth-order valence-electron chi connectivity index (χ4n) is 3.71. The molecule has 0 amide bonds. The van der Waals surface area contributed by atoms with Crippen LogP contribution in [0.1, 0.15) is 11.1 Å². The molecule has 2 heterocycles. The van der Waals surface area contributed by atoms with Crippen LogP contribution in [0.4, 0.5) is 0 Å². The highest BCUT2D eigenvalue weighted by Crippen LogP contribution is 2.30. The molecule has 0 radical (unpaired) electrons. The van der Waals surface area contributed by atoms with Crippen molar-refractivity contribution >= 4 is 0 Å². The number of aryl methyl sites for hydroxylation is 2. The van der Waals surface area contributed by atoms with Crippen LogP contribution in [0, 0.1) is 0 Å². The van der Waals surface area contributed by atoms with Crippen molar-refractivity contribution in [1.82, 2.24) is 20.0 Å². The standard InChI is InChI=1S/C28H24N4O/c1-2-7-24(8-3-1)26-10-4-5-11-28(26)33-21-23-14-12-22(13-15-23)16-18-32-20-27(30-31-32)25-9-6-17-29-19-25/h1-15,17,19-20H,16,18,21H2. The van der Waals surface area contributed by atoms with Crippen LogP contribution < -0.4 is 4.74 Å². The highest BCUT2D eigenvalue weighted by atomic mass is 16.5. The van der Waals surface area contributed by atoms with E-state index in [1.807, 2.05) is 59.4 Å². The Hall–Kier alpha value is -4.25. The highest BCUT2D eigenvalue weighted by molar-refractivity contribution is 5.70. The number of ether oxygens (including phenoxy) is 1. The smallest absolute Gasteiger partial charge is 0.127 e. The fourth-order valence-corrected chi connectivity index (χ4v) is 3.71. The quantitative estimate of drug-likeness (QED) is 0.310. The molecule has 0 N–H and O–H groups in total. The Morgan fingerprint density at radius 2 is 1.48 bits per heavy atom. The number of rotatable bonds is 8. The summed E-state index contributed by atoms with van der Waals surface area (Å²) < 4.78 is 8.04. The molecular formula is C28H24N4O. The Labute approximate surface area is 193 Å². The van der Waals surface area contributed by atoms with Gasteiger partial charge in [-0.1, -0.05) is 78.0 Å². The molecule has 162 valence electrons. The maximum absolute atomic E-state index is 6.16. The normalized spacial score (nSPS) is 10.8. The Balaban J connectivity index is 1.18. The summed E-state index contributed by atoms with van der Waals surface area (Å²) in [6.07, 6.45) is 6.40. The monoisotopic (exact) mass is 432 g/mol. The van der Waals surface area contributed by atoms with Gasteiger partial charge in [0.05, 0.1) is 6.20 Å². The molecule has 0 saturated heterocycles. The second-order valence-electron chi connectivity index (χ2n) is 7.83. The maximum atomic E-state index is 6.16. The van der Waals surface area contributed by atoms with Gasteiger partial charge in [-0.05, 0) is 41.3 Å². The molecule has 5 nitrogen and oxygen atoms in total. The van der Waals surface area contributed by atoms with Crippen LogP contribution in [-0.4, -0.2) is 20.0 Å². The molecule has 3 aromatic carbocycles. The third kappa shape index (κ3) is 5.15. The molecular weight excluding hydrogens is 408 g/mol. The van der Waals surface area contributed by atoms with Crippen molar-refractivity contribution in [3.05, 3.63) is 121 Å². The molecule has 5 heteroatoms. The zero-order valence-corrected chi connectivity index (χ0v) is 18.2. The first-order chi connectivity index (χ1) is 16.3. The van der Waals surface area contributed by atoms with Gasteiger partial charge in [-0.2, -0.15) is 0 Å². The summed E-state index contributed by atoms with van der Waals surface area (Å²) in [5.74, 6) is 0.892. The van der Waals surface area contributed by atoms with E-state index in [-0.39, 0.29) is 0 Å². The highest BCUT2D eigenvalue weighted by Gasteiger charge is 2.07. The van der Waals surface area contributed by atoms with Gasteiger partial charge in [-0.25, -0.2) is 0 Å². The van der Waals surface area contributed by atoms with Crippen LogP contribution >= 0.6 is 0 Å². The summed E-state index contributed by atoms with van der Waals surface area (Å²) in [5.41, 5.74) is 6.47. The predicted molar refractivity (Wildman–Crippen MR) is 130 cm³/mol. The second kappa shape index (κ2) is 9.92. The molecule has 0 fully saturated rings. The summed E-state index contributed by atoms with van der Waals surface area (Å²) in [6, 6.07) is 30.9. The lowest BCUT2D eigenvalue weighted by atomic mass is 10.0. The number of pyridine rings is 1. The molecule has 5 rings (SSSR count). The molecule has 2 aromatic heterocycles. The first-order valence-electron chi connectivity index (χ1n) is 11.0. The number of aromatic nitrogens is 4. The molecule has 0 atom stereocenters. The van der Waals surface area contributed by atoms with Crippen molar-refractivity contribution in [2.45, 2.75) is 19.6 Å². The van der Waals surface area contributed by atoms with Crippen molar-refractivity contribution in [3.63, 3.8) is 0 Å². The van der Waals surface area contributed by atoms with Crippen LogP contribution in [0.25, 0.3) is 22.4 Å². The van der Waals surface area contributed by atoms with Gasteiger partial charge in [-0.3, -0.25) is 9.67 Å². The van der Waals surface area contributed by atoms with Gasteiger partial charge in [0.15, 0.2) is 0 Å². The molecule has 0 saturated carbocycles. The van der Waals surface area contributed by atoms with Crippen LogP contribution in [0.15, 0.2) is 110 Å². The van der Waals surface area contributed by atoms with Crippen molar-refractivity contribution in [2.24, 2.45) is 0 Å². The first-order valence-corrected chi connectivity index (χ1v) is 11.0. The van der Waals surface area contributed by atoms with E-state index in [9.17, 15) is 0 Å². The number of nitrogens with zero attached hydrogens (tertiary/aromatic N) is 4. The van der Waals surface area contributed by atoms with Gasteiger partial charge < -0.3 is 4.74 Å². The van der Waals surface area contributed by atoms with Gasteiger partial charge >= 0.3 is 0 Å². The lowest BCUT2D eigenvalue weighted by Gasteiger charge is -2.12. The van der Waals surface area contributed by atoms with E-state index in [2.05, 4.69) is 57.8 Å². The van der Waals surface area contributed by atoms with E-state index in [1.54, 1.807) is 12.4 Å². The zero-order chi connectivity index (χ0) is 22.3. The van der Waals surface area contributed by atoms with E-state index in [1.165, 1.54) is 5.56 Å². The van der Waals surface area contributed by atoms with Gasteiger partial charge in [-0.15, -0.1) is 5.10 Å². The fraction of sp³-hybridized carbons (Fsp3) is 0.107. The second-order valence-corrected chi connectivity index (χ2v) is 7.83. The van der Waals surface area contributed by atoms with Crippen molar-refractivity contribution in [1.29, 1.82) is 0 Å². The van der Waals surface area contributed by atoms with Crippen LogP contribution in [-0.2, 0) is 19.6 Å². The Bertz CT molecular complexity index is 1300. The summed E-state index contributed by atoms with van der Waals surface area (Å²) in [5, 5.41) is 8.49. The average molecular weight is 433 g/mol. The largest absolute Gasteiger partial charge is 0.488 e. The minimum absolute atomic E-state index is 0.529. The van der Waals surface area contributed by atoms with Gasteiger partial charge in [0.25, 0.3) is 0 Å². The zero-order valence-electron chi connectivity index (χ0n) is 18.2. The van der Waals surface area contributed by atoms with Crippen molar-refractivity contribution < 1.29 is 4.74 Å². The number of benzene rings is 3. The number of para-hydroxylation sites is 1. The van der Waals surface area contributed by atoms with E-state index in [0.717, 1.165) is 46.7 Å². The van der Waals surface area contributed by atoms with Crippen LogP contribution in [0.5, 0.6) is 5.75 Å². The number of hydrogen-bond acceptors (Lipinski definition) is 4. The molecule has 5 aromatic rings. The average Bonchev–Trinajstić information content (AvgIpc) is 3.37. The topological polar surface area (TPSA) is 52.8 Å². The summed E-state index contributed by atoms with van der Waals surface area (Å²) in [4.78, 5) is 4.14. The van der Waals surface area contributed by atoms with E-state index < -0.39 is 0 Å². The molecule has 0 unspecified atom stereocenters. The van der Waals surface area contributed by atoms with Crippen molar-refractivity contribution in [3.8, 4) is 28.1 Å². The lowest BCUT2D eigenvalue weighted by Crippen LogP contribution is -2.02. The van der Waals surface area contributed by atoms with Gasteiger partial charge in [0, 0.05) is 30.1 Å². The molecule has 0 bridgehead atoms. The predicted octanol–water partition coefficient (Wildman–Crippen LogP) is 5.83. The van der Waals surface area contributed by atoms with E-state index in [4.69, 9.17) is 4.74 Å². The summed E-state index contributed by atoms with van der Waals surface area (Å²) in [6.45, 7) is 1.30. The maximum Gasteiger partial charge on any atom is 0.127 e. The van der Waals surface area contributed by atoms with Gasteiger partial charge in [0.2, 0.25) is 0 Å². The van der Waals surface area contributed by atoms with E-state index in [0.29, 0.717) is 6.61 Å². The van der Waals surface area contributed by atoms with Crippen LogP contribution in [0.3, 0.4) is 0 Å². The van der Waals surface area contributed by atoms with Crippen molar-refractivity contribution in [2.75, 3.05) is 0 Å². The Morgan fingerprint density at radius 1 is 0.727 bits per heavy atom. The summed E-state index contributed by atoms with van der Waals surface area (Å²) in [7, 11) is 0. The molecule has 0 aliphatic rings. The first kappa shape index (κ1) is 20.6. The minimum Gasteiger partial charge on any atom is -0.488 e. The minimum atomic E-state index is 0.529. The molecule has 0 aliphatic heterocycles. The van der Waals surface area contributed by atoms with Gasteiger partial charge in [0.1, 0.15) is 18.1 Å². The third-order valence-corrected chi connectivity index (χ3v) is 5.51. The van der Waals surface area contributed by atoms with E-state index >= 15 is 0 Å². The molecule has 0 spiro atoms. The summed E-state index contributed by atoms with van der Waals surface area (Å²) >= 11 is 0. The molecule has 0 aliphatic carbocycles. The number of hydrogen-bond donors (Lipinski definition) is 0. The molecule has 33 heavy (non-hydrogen) atoms.